The van der Waals surface area contributed by atoms with E-state index in [9.17, 15) is 9.59 Å². The van der Waals surface area contributed by atoms with E-state index in [4.69, 9.17) is 11.6 Å². The number of thioether (sulfide) groups is 1. The molecule has 0 radical (unpaired) electrons. The smallest absolute Gasteiger partial charge is 0.407 e. The number of ketones is 1. The van der Waals surface area contributed by atoms with Gasteiger partial charge in [0.05, 0.1) is 19.0 Å². The molecule has 0 saturated heterocycles. The average molecular weight is 240 g/mol. The van der Waals surface area contributed by atoms with Crippen LogP contribution in [0.5, 0.6) is 0 Å². The van der Waals surface area contributed by atoms with Gasteiger partial charge in [-0.3, -0.25) is 4.79 Å². The average Bonchev–Trinajstić information content (AvgIpc) is 2.21. The van der Waals surface area contributed by atoms with Crippen molar-refractivity contribution in [3.8, 4) is 0 Å². The molecule has 1 amide bonds. The van der Waals surface area contributed by atoms with Gasteiger partial charge in [0.25, 0.3) is 0 Å². The highest BCUT2D eigenvalue weighted by Gasteiger charge is 2.15. The summed E-state index contributed by atoms with van der Waals surface area (Å²) >= 11 is 7.41. The molecule has 0 heterocycles. The van der Waals surface area contributed by atoms with Crippen LogP contribution < -0.4 is 5.32 Å². The van der Waals surface area contributed by atoms with Crippen LogP contribution in [0.1, 0.15) is 6.42 Å². The van der Waals surface area contributed by atoms with E-state index in [1.54, 1.807) is 11.8 Å². The highest BCUT2D eigenvalue weighted by molar-refractivity contribution is 7.98. The number of rotatable bonds is 6. The second kappa shape index (κ2) is 7.94. The second-order valence-electron chi connectivity index (χ2n) is 2.56. The van der Waals surface area contributed by atoms with Crippen LogP contribution in [0.3, 0.4) is 0 Å². The highest BCUT2D eigenvalue weighted by Crippen LogP contribution is 2.07. The van der Waals surface area contributed by atoms with Crippen LogP contribution in [0.15, 0.2) is 0 Å². The lowest BCUT2D eigenvalue weighted by molar-refractivity contribution is -0.117. The first-order chi connectivity index (χ1) is 6.61. The molecule has 1 N–H and O–H groups in total. The van der Waals surface area contributed by atoms with Crippen LogP contribution in [-0.2, 0) is 9.53 Å². The third-order valence-corrected chi connectivity index (χ3v) is 2.62. The van der Waals surface area contributed by atoms with Gasteiger partial charge in [-0.1, -0.05) is 0 Å². The van der Waals surface area contributed by atoms with Gasteiger partial charge in [0, 0.05) is 0 Å². The molecular weight excluding hydrogens is 226 g/mol. The maximum atomic E-state index is 11.3. The maximum absolute atomic E-state index is 11.3. The molecule has 0 bridgehead atoms. The number of amides is 1. The molecule has 0 aliphatic rings. The Balaban J connectivity index is 3.67. The molecule has 4 nitrogen and oxygen atoms in total. The fourth-order valence-electron chi connectivity index (χ4n) is 0.725. The van der Waals surface area contributed by atoms with Gasteiger partial charge in [0.1, 0.15) is 0 Å². The van der Waals surface area contributed by atoms with Gasteiger partial charge in [0.2, 0.25) is 0 Å². The summed E-state index contributed by atoms with van der Waals surface area (Å²) in [6.45, 7) is -0.0742. The lowest BCUT2D eigenvalue weighted by Gasteiger charge is -2.07. The monoisotopic (exact) mass is 239 g/mol. The Morgan fingerprint density at radius 2 is 2.21 bits per heavy atom. The van der Waals surface area contributed by atoms with Crippen LogP contribution in [-0.4, -0.2) is 42.9 Å². The summed E-state index contributed by atoms with van der Waals surface area (Å²) in [6, 6.07) is 0. The number of carbonyl (C=O) groups excluding carboxylic acids is 2. The normalized spacial score (nSPS) is 11.9. The predicted molar refractivity (Wildman–Crippen MR) is 58.1 cm³/mol. The molecular formula is C8H14ClNO3S. The first-order valence-electron chi connectivity index (χ1n) is 4.09. The van der Waals surface area contributed by atoms with E-state index in [1.165, 1.54) is 7.11 Å². The van der Waals surface area contributed by atoms with Crippen molar-refractivity contribution in [3.05, 3.63) is 0 Å². The first-order valence-corrected chi connectivity index (χ1v) is 5.92. The van der Waals surface area contributed by atoms with Crippen molar-refractivity contribution < 1.29 is 14.3 Å². The molecule has 0 spiro atoms. The molecule has 0 rings (SSSR count). The number of alkyl carbamates (subject to hydrolysis) is 1. The Morgan fingerprint density at radius 3 is 2.71 bits per heavy atom. The first kappa shape index (κ1) is 13.6. The Hall–Kier alpha value is -0.420. The number of hydrogen-bond acceptors (Lipinski definition) is 4. The minimum Gasteiger partial charge on any atom is -0.453 e. The number of Topliss-reactive ketones (excluding diaryl/α,β-unsaturated/α-hetero) is 1. The lowest BCUT2D eigenvalue weighted by atomic mass is 10.2. The number of methoxy groups -OCH3 is 1. The number of carbonyl (C=O) groups is 2. The summed E-state index contributed by atoms with van der Waals surface area (Å²) in [5.41, 5.74) is 0. The van der Waals surface area contributed by atoms with Gasteiger partial charge < -0.3 is 10.1 Å². The molecule has 1 atom stereocenters. The SMILES string of the molecule is COC(=O)NCC(=O)C(Cl)CCSC. The van der Waals surface area contributed by atoms with E-state index in [0.717, 1.165) is 5.75 Å². The zero-order valence-corrected chi connectivity index (χ0v) is 9.78. The van der Waals surface area contributed by atoms with Crippen LogP contribution in [0.4, 0.5) is 4.79 Å². The number of hydrogen-bond donors (Lipinski definition) is 1. The maximum Gasteiger partial charge on any atom is 0.407 e. The molecule has 0 aromatic carbocycles. The molecule has 0 aliphatic heterocycles. The number of alkyl halides is 1. The standard InChI is InChI=1S/C8H14ClNO3S/c1-13-8(12)10-5-7(11)6(9)3-4-14-2/h6H,3-5H2,1-2H3,(H,10,12). The third-order valence-electron chi connectivity index (χ3n) is 1.52. The van der Waals surface area contributed by atoms with E-state index >= 15 is 0 Å². The number of halogens is 1. The van der Waals surface area contributed by atoms with Crippen molar-refractivity contribution in [2.45, 2.75) is 11.8 Å². The predicted octanol–water partition coefficient (Wildman–Crippen LogP) is 1.27. The van der Waals surface area contributed by atoms with Gasteiger partial charge in [-0.05, 0) is 18.4 Å². The fourth-order valence-corrected chi connectivity index (χ4v) is 1.51. The zero-order chi connectivity index (χ0) is 11.0. The second-order valence-corrected chi connectivity index (χ2v) is 4.07. The van der Waals surface area contributed by atoms with Crippen LogP contribution in [0.25, 0.3) is 0 Å². The van der Waals surface area contributed by atoms with Crippen LogP contribution in [0, 0.1) is 0 Å². The van der Waals surface area contributed by atoms with Gasteiger partial charge in [-0.2, -0.15) is 11.8 Å². The Labute approximate surface area is 92.7 Å². The van der Waals surface area contributed by atoms with Gasteiger partial charge in [-0.25, -0.2) is 4.79 Å². The quantitative estimate of drug-likeness (QED) is 0.710. The van der Waals surface area contributed by atoms with E-state index in [1.807, 2.05) is 6.26 Å². The molecule has 0 saturated carbocycles. The summed E-state index contributed by atoms with van der Waals surface area (Å²) in [4.78, 5) is 21.9. The van der Waals surface area contributed by atoms with Crippen LogP contribution in [0.2, 0.25) is 0 Å². The van der Waals surface area contributed by atoms with E-state index < -0.39 is 11.5 Å². The molecule has 0 aromatic rings. The number of ether oxygens (including phenoxy) is 1. The molecule has 0 fully saturated rings. The Morgan fingerprint density at radius 1 is 1.57 bits per heavy atom. The Bertz CT molecular complexity index is 201. The molecule has 82 valence electrons. The fraction of sp³-hybridized carbons (Fsp3) is 0.750. The van der Waals surface area contributed by atoms with E-state index in [-0.39, 0.29) is 12.3 Å². The molecule has 1 unspecified atom stereocenters. The van der Waals surface area contributed by atoms with Crippen molar-refractivity contribution in [1.82, 2.24) is 5.32 Å². The summed E-state index contributed by atoms with van der Waals surface area (Å²) in [7, 11) is 1.24. The summed E-state index contributed by atoms with van der Waals surface area (Å²) in [6.07, 6.45) is 1.94. The Kier molecular flexibility index (Phi) is 7.70. The third kappa shape index (κ3) is 6.10. The lowest BCUT2D eigenvalue weighted by Crippen LogP contribution is -2.33. The van der Waals surface area contributed by atoms with Gasteiger partial charge in [0.15, 0.2) is 5.78 Å². The summed E-state index contributed by atoms with van der Waals surface area (Å²) in [5, 5.41) is 1.76. The van der Waals surface area contributed by atoms with Gasteiger partial charge >= 0.3 is 6.09 Å². The minimum atomic E-state index is -0.618. The zero-order valence-electron chi connectivity index (χ0n) is 8.21. The molecule has 6 heteroatoms. The number of nitrogens with one attached hydrogen (secondary N) is 1. The van der Waals surface area contributed by atoms with E-state index in [0.29, 0.717) is 6.42 Å². The molecule has 0 aliphatic carbocycles. The minimum absolute atomic E-state index is 0.0742. The van der Waals surface area contributed by atoms with E-state index in [2.05, 4.69) is 10.1 Å². The molecule has 0 aromatic heterocycles. The van der Waals surface area contributed by atoms with Crippen molar-refractivity contribution in [1.29, 1.82) is 0 Å². The summed E-state index contributed by atoms with van der Waals surface area (Å²) in [5.74, 6) is 0.643. The topological polar surface area (TPSA) is 55.4 Å². The molecule has 14 heavy (non-hydrogen) atoms. The largest absolute Gasteiger partial charge is 0.453 e. The van der Waals surface area contributed by atoms with Crippen molar-refractivity contribution in [2.24, 2.45) is 0 Å². The van der Waals surface area contributed by atoms with Crippen molar-refractivity contribution >= 4 is 35.2 Å². The van der Waals surface area contributed by atoms with Crippen molar-refractivity contribution in [2.75, 3.05) is 25.7 Å². The highest BCUT2D eigenvalue weighted by atomic mass is 35.5. The van der Waals surface area contributed by atoms with Crippen LogP contribution >= 0.6 is 23.4 Å². The van der Waals surface area contributed by atoms with Gasteiger partial charge in [-0.15, -0.1) is 11.6 Å². The summed E-state index contributed by atoms with van der Waals surface area (Å²) < 4.78 is 4.31. The van der Waals surface area contributed by atoms with Crippen molar-refractivity contribution in [3.63, 3.8) is 0 Å².